The van der Waals surface area contributed by atoms with Crippen molar-refractivity contribution < 1.29 is 13.9 Å². The fraction of sp³-hybridized carbons (Fsp3) is 0.333. The van der Waals surface area contributed by atoms with Gasteiger partial charge in [-0.15, -0.1) is 0 Å². The van der Waals surface area contributed by atoms with E-state index in [1.54, 1.807) is 46.0 Å². The first-order chi connectivity index (χ1) is 9.45. The molecule has 1 aromatic carbocycles. The lowest BCUT2D eigenvalue weighted by Gasteiger charge is -2.08. The highest BCUT2D eigenvalue weighted by Crippen LogP contribution is 2.21. The average molecular weight is 276 g/mol. The van der Waals surface area contributed by atoms with Gasteiger partial charge in [-0.1, -0.05) is 6.07 Å². The van der Waals surface area contributed by atoms with E-state index in [2.05, 4.69) is 5.10 Å². The molecule has 20 heavy (non-hydrogen) atoms. The molecule has 0 aliphatic heterocycles. The zero-order valence-electron chi connectivity index (χ0n) is 12.0. The Hall–Kier alpha value is -2.17. The topological polar surface area (TPSA) is 44.1 Å². The van der Waals surface area contributed by atoms with Crippen LogP contribution in [0.3, 0.4) is 0 Å². The van der Waals surface area contributed by atoms with Gasteiger partial charge in [0.15, 0.2) is 0 Å². The predicted octanol–water partition coefficient (Wildman–Crippen LogP) is 3.11. The van der Waals surface area contributed by atoms with Crippen molar-refractivity contribution in [2.75, 3.05) is 6.61 Å². The summed E-state index contributed by atoms with van der Waals surface area (Å²) in [6.07, 6.45) is 1.57. The Morgan fingerprint density at radius 2 is 2.05 bits per heavy atom. The predicted molar refractivity (Wildman–Crippen MR) is 73.7 cm³/mol. The Morgan fingerprint density at radius 3 is 2.70 bits per heavy atom. The van der Waals surface area contributed by atoms with Gasteiger partial charge in [0.05, 0.1) is 18.0 Å². The van der Waals surface area contributed by atoms with Gasteiger partial charge >= 0.3 is 5.97 Å². The molecule has 1 aromatic heterocycles. The van der Waals surface area contributed by atoms with Gasteiger partial charge in [0.2, 0.25) is 0 Å². The minimum Gasteiger partial charge on any atom is -0.462 e. The normalized spacial score (nSPS) is 10.7. The van der Waals surface area contributed by atoms with E-state index in [0.29, 0.717) is 34.7 Å². The second kappa shape index (κ2) is 5.45. The van der Waals surface area contributed by atoms with Gasteiger partial charge in [-0.25, -0.2) is 13.9 Å². The summed E-state index contributed by atoms with van der Waals surface area (Å²) in [6.45, 7) is 7.19. The molecule has 0 aliphatic carbocycles. The van der Waals surface area contributed by atoms with Crippen LogP contribution in [0, 0.1) is 26.6 Å². The number of nitrogens with zero attached hydrogens (tertiary/aromatic N) is 2. The van der Waals surface area contributed by atoms with E-state index < -0.39 is 5.97 Å². The van der Waals surface area contributed by atoms with Crippen molar-refractivity contribution in [3.63, 3.8) is 0 Å². The van der Waals surface area contributed by atoms with Gasteiger partial charge < -0.3 is 4.74 Å². The Kier molecular flexibility index (Phi) is 3.88. The summed E-state index contributed by atoms with van der Waals surface area (Å²) >= 11 is 0. The molecule has 5 heteroatoms. The number of hydrogen-bond acceptors (Lipinski definition) is 3. The Bertz CT molecular complexity index is 662. The van der Waals surface area contributed by atoms with Crippen LogP contribution in [-0.2, 0) is 4.74 Å². The van der Waals surface area contributed by atoms with Crippen LogP contribution in [0.25, 0.3) is 5.69 Å². The first kappa shape index (κ1) is 14.2. The van der Waals surface area contributed by atoms with Crippen LogP contribution in [0.5, 0.6) is 0 Å². The summed E-state index contributed by atoms with van der Waals surface area (Å²) in [5.74, 6) is -0.671. The largest absolute Gasteiger partial charge is 0.462 e. The zero-order valence-corrected chi connectivity index (χ0v) is 12.0. The standard InChI is InChI=1S/C15H17FN2O2/c1-5-20-15(19)12-8-18(17-11(12)4)13-7-6-9(2)14(16)10(13)3/h6-8H,5H2,1-4H3. The monoisotopic (exact) mass is 276 g/mol. The zero-order chi connectivity index (χ0) is 14.9. The Labute approximate surface area is 117 Å². The first-order valence-corrected chi connectivity index (χ1v) is 6.45. The van der Waals surface area contributed by atoms with Gasteiger partial charge in [-0.3, -0.25) is 0 Å². The molecule has 0 spiro atoms. The van der Waals surface area contributed by atoms with E-state index >= 15 is 0 Å². The first-order valence-electron chi connectivity index (χ1n) is 6.45. The molecule has 4 nitrogen and oxygen atoms in total. The van der Waals surface area contributed by atoms with Gasteiger partial charge in [0, 0.05) is 11.8 Å². The number of aromatic nitrogens is 2. The lowest BCUT2D eigenvalue weighted by atomic mass is 10.1. The molecular formula is C15H17FN2O2. The maximum absolute atomic E-state index is 13.9. The second-order valence-corrected chi connectivity index (χ2v) is 4.63. The Morgan fingerprint density at radius 1 is 1.35 bits per heavy atom. The fourth-order valence-corrected chi connectivity index (χ4v) is 2.05. The third kappa shape index (κ3) is 2.43. The van der Waals surface area contributed by atoms with Crippen molar-refractivity contribution in [2.45, 2.75) is 27.7 Å². The number of rotatable bonds is 3. The van der Waals surface area contributed by atoms with Gasteiger partial charge in [-0.2, -0.15) is 5.10 Å². The molecule has 106 valence electrons. The molecular weight excluding hydrogens is 259 g/mol. The van der Waals surface area contributed by atoms with Gasteiger partial charge in [0.1, 0.15) is 11.4 Å². The third-order valence-corrected chi connectivity index (χ3v) is 3.19. The van der Waals surface area contributed by atoms with Gasteiger partial charge in [-0.05, 0) is 39.3 Å². The van der Waals surface area contributed by atoms with E-state index in [-0.39, 0.29) is 5.82 Å². The maximum Gasteiger partial charge on any atom is 0.341 e. The molecule has 0 fully saturated rings. The highest BCUT2D eigenvalue weighted by atomic mass is 19.1. The second-order valence-electron chi connectivity index (χ2n) is 4.63. The molecule has 0 aliphatic rings. The molecule has 0 N–H and O–H groups in total. The van der Waals surface area contributed by atoms with Crippen LogP contribution in [0.15, 0.2) is 18.3 Å². The number of carbonyl (C=O) groups is 1. The molecule has 0 amide bonds. The number of benzene rings is 1. The van der Waals surface area contributed by atoms with Crippen molar-refractivity contribution in [2.24, 2.45) is 0 Å². The van der Waals surface area contributed by atoms with Crippen LogP contribution in [0.1, 0.15) is 34.1 Å². The minimum absolute atomic E-state index is 0.256. The van der Waals surface area contributed by atoms with E-state index in [4.69, 9.17) is 4.74 Å². The Balaban J connectivity index is 2.48. The van der Waals surface area contributed by atoms with Crippen LogP contribution in [0.4, 0.5) is 4.39 Å². The van der Waals surface area contributed by atoms with Gasteiger partial charge in [0.25, 0.3) is 0 Å². The minimum atomic E-state index is -0.415. The highest BCUT2D eigenvalue weighted by Gasteiger charge is 2.17. The molecule has 0 radical (unpaired) electrons. The smallest absolute Gasteiger partial charge is 0.341 e. The molecule has 0 atom stereocenters. The number of aryl methyl sites for hydroxylation is 2. The van der Waals surface area contributed by atoms with Crippen molar-refractivity contribution in [1.82, 2.24) is 9.78 Å². The summed E-state index contributed by atoms with van der Waals surface area (Å²) in [5.41, 5.74) is 2.66. The van der Waals surface area contributed by atoms with Crippen molar-refractivity contribution in [3.8, 4) is 5.69 Å². The molecule has 0 saturated heterocycles. The highest BCUT2D eigenvalue weighted by molar-refractivity contribution is 5.90. The van der Waals surface area contributed by atoms with Crippen molar-refractivity contribution in [1.29, 1.82) is 0 Å². The average Bonchev–Trinajstić information content (AvgIpc) is 2.78. The van der Waals surface area contributed by atoms with Crippen molar-refractivity contribution in [3.05, 3.63) is 46.5 Å². The molecule has 0 saturated carbocycles. The number of carbonyl (C=O) groups excluding carboxylic acids is 1. The molecule has 2 rings (SSSR count). The quantitative estimate of drug-likeness (QED) is 0.809. The van der Waals surface area contributed by atoms with Crippen LogP contribution in [0.2, 0.25) is 0 Å². The van der Waals surface area contributed by atoms with E-state index in [0.717, 1.165) is 0 Å². The number of hydrogen-bond donors (Lipinski definition) is 0. The van der Waals surface area contributed by atoms with E-state index in [9.17, 15) is 9.18 Å². The number of esters is 1. The van der Waals surface area contributed by atoms with Crippen LogP contribution in [-0.4, -0.2) is 22.4 Å². The summed E-state index contributed by atoms with van der Waals surface area (Å²) in [6, 6.07) is 3.48. The fourth-order valence-electron chi connectivity index (χ4n) is 2.05. The lowest BCUT2D eigenvalue weighted by molar-refractivity contribution is 0.0525. The van der Waals surface area contributed by atoms with E-state index in [1.165, 1.54) is 4.68 Å². The summed E-state index contributed by atoms with van der Waals surface area (Å²) in [4.78, 5) is 11.8. The molecule has 2 aromatic rings. The van der Waals surface area contributed by atoms with Crippen LogP contribution >= 0.6 is 0 Å². The number of halogens is 1. The molecule has 1 heterocycles. The SMILES string of the molecule is CCOC(=O)c1cn(-c2ccc(C)c(F)c2C)nc1C. The summed E-state index contributed by atoms with van der Waals surface area (Å²) in [7, 11) is 0. The number of ether oxygens (including phenoxy) is 1. The van der Waals surface area contributed by atoms with Crippen LogP contribution < -0.4 is 0 Å². The third-order valence-electron chi connectivity index (χ3n) is 3.19. The molecule has 0 bridgehead atoms. The lowest BCUT2D eigenvalue weighted by Crippen LogP contribution is -2.05. The van der Waals surface area contributed by atoms with E-state index in [1.807, 2.05) is 0 Å². The summed E-state index contributed by atoms with van der Waals surface area (Å²) in [5, 5.41) is 4.26. The van der Waals surface area contributed by atoms with Crippen molar-refractivity contribution >= 4 is 5.97 Å². The maximum atomic E-state index is 13.9. The molecule has 0 unspecified atom stereocenters. The summed E-state index contributed by atoms with van der Waals surface area (Å²) < 4.78 is 20.4.